The smallest absolute Gasteiger partial charge is 0.124 e. The van der Waals surface area contributed by atoms with E-state index in [1.807, 2.05) is 12.1 Å². The molecule has 0 radical (unpaired) electrons. The highest BCUT2D eigenvalue weighted by Gasteiger charge is 2.01. The monoisotopic (exact) mass is 222 g/mol. The summed E-state index contributed by atoms with van der Waals surface area (Å²) in [4.78, 5) is 4.30. The zero-order chi connectivity index (χ0) is 12.0. The first-order valence-electron chi connectivity index (χ1n) is 5.25. The maximum Gasteiger partial charge on any atom is 0.124 e. The van der Waals surface area contributed by atoms with Crippen LogP contribution in [0.25, 0.3) is 0 Å². The normalized spacial score (nSPS) is 11.3. The Balaban J connectivity index is 2.99. The van der Waals surface area contributed by atoms with Crippen molar-refractivity contribution in [2.45, 2.75) is 19.8 Å². The quantitative estimate of drug-likeness (QED) is 0.615. The predicted octanol–water partition coefficient (Wildman–Crippen LogP) is 2.49. The van der Waals surface area contributed by atoms with Crippen LogP contribution in [0.4, 0.5) is 5.69 Å². The molecule has 0 aliphatic rings. The average Bonchev–Trinajstić information content (AvgIpc) is 2.28. The molecule has 1 aromatic carbocycles. The number of hydrogen-bond acceptors (Lipinski definition) is 3. The molecular weight excluding hydrogens is 204 g/mol. The van der Waals surface area contributed by atoms with Crippen LogP contribution in [0.15, 0.2) is 23.2 Å². The number of methoxy groups -OCH3 is 2. The van der Waals surface area contributed by atoms with Crippen molar-refractivity contribution in [1.29, 1.82) is 0 Å². The van der Waals surface area contributed by atoms with Gasteiger partial charge in [0.05, 0.1) is 25.7 Å². The van der Waals surface area contributed by atoms with Crippen LogP contribution >= 0.6 is 0 Å². The standard InChI is InChI=1S/C12H18N2O2/c1-4-5-12(13)14-9-6-10(15-2)8-11(7-9)16-3/h6-8H,4-5H2,1-3H3,(H2,13,14). The molecule has 4 nitrogen and oxygen atoms in total. The fourth-order valence-electron chi connectivity index (χ4n) is 1.33. The van der Waals surface area contributed by atoms with E-state index in [9.17, 15) is 0 Å². The average molecular weight is 222 g/mol. The largest absolute Gasteiger partial charge is 0.497 e. The van der Waals surface area contributed by atoms with Crippen LogP contribution in [0, 0.1) is 0 Å². The Kier molecular flexibility index (Phi) is 4.64. The molecule has 0 heterocycles. The third-order valence-electron chi connectivity index (χ3n) is 2.12. The Labute approximate surface area is 96.1 Å². The number of nitrogens with zero attached hydrogens (tertiary/aromatic N) is 1. The van der Waals surface area contributed by atoms with E-state index in [4.69, 9.17) is 15.2 Å². The lowest BCUT2D eigenvalue weighted by Crippen LogP contribution is -2.09. The number of rotatable bonds is 5. The molecule has 2 N–H and O–H groups in total. The predicted molar refractivity (Wildman–Crippen MR) is 65.7 cm³/mol. The second kappa shape index (κ2) is 6.00. The molecule has 0 spiro atoms. The Hall–Kier alpha value is -1.71. The van der Waals surface area contributed by atoms with Gasteiger partial charge in [-0.15, -0.1) is 0 Å². The second-order valence-electron chi connectivity index (χ2n) is 3.42. The van der Waals surface area contributed by atoms with Crippen molar-refractivity contribution in [2.24, 2.45) is 10.7 Å². The molecular formula is C12H18N2O2. The molecule has 0 saturated heterocycles. The molecule has 0 fully saturated rings. The first-order valence-corrected chi connectivity index (χ1v) is 5.25. The van der Waals surface area contributed by atoms with Crippen LogP contribution in [0.3, 0.4) is 0 Å². The lowest BCUT2D eigenvalue weighted by molar-refractivity contribution is 0.394. The minimum Gasteiger partial charge on any atom is -0.497 e. The van der Waals surface area contributed by atoms with Crippen molar-refractivity contribution in [3.63, 3.8) is 0 Å². The summed E-state index contributed by atoms with van der Waals surface area (Å²) in [5.41, 5.74) is 6.52. The van der Waals surface area contributed by atoms with Crippen LogP contribution in [0.1, 0.15) is 19.8 Å². The summed E-state index contributed by atoms with van der Waals surface area (Å²) in [6.07, 6.45) is 1.77. The minimum atomic E-state index is 0.623. The topological polar surface area (TPSA) is 56.8 Å². The molecule has 88 valence electrons. The minimum absolute atomic E-state index is 0.623. The molecule has 0 amide bonds. The molecule has 16 heavy (non-hydrogen) atoms. The van der Waals surface area contributed by atoms with Crippen LogP contribution in [0.2, 0.25) is 0 Å². The number of nitrogens with two attached hydrogens (primary N) is 1. The van der Waals surface area contributed by atoms with E-state index in [0.29, 0.717) is 17.3 Å². The first-order chi connectivity index (χ1) is 7.69. The Morgan fingerprint density at radius 1 is 1.19 bits per heavy atom. The van der Waals surface area contributed by atoms with Gasteiger partial charge in [-0.25, -0.2) is 4.99 Å². The van der Waals surface area contributed by atoms with Gasteiger partial charge in [0.15, 0.2) is 0 Å². The third-order valence-corrected chi connectivity index (χ3v) is 2.12. The summed E-state index contributed by atoms with van der Waals surface area (Å²) in [6.45, 7) is 2.06. The molecule has 0 atom stereocenters. The van der Waals surface area contributed by atoms with Gasteiger partial charge in [0.25, 0.3) is 0 Å². The van der Waals surface area contributed by atoms with Gasteiger partial charge in [-0.1, -0.05) is 6.92 Å². The lowest BCUT2D eigenvalue weighted by atomic mass is 10.2. The second-order valence-corrected chi connectivity index (χ2v) is 3.42. The van der Waals surface area contributed by atoms with Gasteiger partial charge in [-0.2, -0.15) is 0 Å². The van der Waals surface area contributed by atoms with Crippen molar-refractivity contribution in [1.82, 2.24) is 0 Å². The molecule has 0 bridgehead atoms. The van der Waals surface area contributed by atoms with E-state index in [1.54, 1.807) is 20.3 Å². The summed E-state index contributed by atoms with van der Waals surface area (Å²) < 4.78 is 10.3. The number of ether oxygens (including phenoxy) is 2. The summed E-state index contributed by atoms with van der Waals surface area (Å²) in [5, 5.41) is 0. The molecule has 1 aromatic rings. The highest BCUT2D eigenvalue weighted by molar-refractivity contribution is 5.83. The fraction of sp³-hybridized carbons (Fsp3) is 0.417. The molecule has 4 heteroatoms. The van der Waals surface area contributed by atoms with E-state index >= 15 is 0 Å². The third kappa shape index (κ3) is 3.46. The van der Waals surface area contributed by atoms with Crippen LogP contribution in [0.5, 0.6) is 11.5 Å². The molecule has 0 aliphatic carbocycles. The SMILES string of the molecule is CCCC(N)=Nc1cc(OC)cc(OC)c1. The maximum absolute atomic E-state index is 5.77. The first kappa shape index (κ1) is 12.4. The van der Waals surface area contributed by atoms with Crippen molar-refractivity contribution in [2.75, 3.05) is 14.2 Å². The summed E-state index contributed by atoms with van der Waals surface area (Å²) in [7, 11) is 3.22. The number of hydrogen-bond donors (Lipinski definition) is 1. The Morgan fingerprint density at radius 3 is 2.19 bits per heavy atom. The molecule has 0 aromatic heterocycles. The van der Waals surface area contributed by atoms with Crippen LogP contribution in [-0.2, 0) is 0 Å². The van der Waals surface area contributed by atoms with Gasteiger partial charge in [-0.05, 0) is 6.42 Å². The molecule has 0 saturated carbocycles. The maximum atomic E-state index is 5.77. The number of benzene rings is 1. The van der Waals surface area contributed by atoms with E-state index < -0.39 is 0 Å². The Bertz CT molecular complexity index is 353. The van der Waals surface area contributed by atoms with Gasteiger partial charge in [0, 0.05) is 24.6 Å². The summed E-state index contributed by atoms with van der Waals surface area (Å²) in [5.74, 6) is 2.04. The van der Waals surface area contributed by atoms with E-state index in [1.165, 1.54) is 0 Å². The van der Waals surface area contributed by atoms with Crippen LogP contribution in [-0.4, -0.2) is 20.1 Å². The number of amidine groups is 1. The highest BCUT2D eigenvalue weighted by atomic mass is 16.5. The fourth-order valence-corrected chi connectivity index (χ4v) is 1.33. The van der Waals surface area contributed by atoms with Crippen molar-refractivity contribution < 1.29 is 9.47 Å². The van der Waals surface area contributed by atoms with E-state index in [-0.39, 0.29) is 0 Å². The van der Waals surface area contributed by atoms with Gasteiger partial charge in [0.2, 0.25) is 0 Å². The van der Waals surface area contributed by atoms with Crippen LogP contribution < -0.4 is 15.2 Å². The van der Waals surface area contributed by atoms with Gasteiger partial charge < -0.3 is 15.2 Å². The zero-order valence-electron chi connectivity index (χ0n) is 9.99. The molecule has 0 aliphatic heterocycles. The van der Waals surface area contributed by atoms with Gasteiger partial charge in [-0.3, -0.25) is 0 Å². The van der Waals surface area contributed by atoms with Gasteiger partial charge in [0.1, 0.15) is 11.5 Å². The van der Waals surface area contributed by atoms with Crippen molar-refractivity contribution >= 4 is 11.5 Å². The zero-order valence-corrected chi connectivity index (χ0v) is 9.99. The van der Waals surface area contributed by atoms with Crippen molar-refractivity contribution in [3.8, 4) is 11.5 Å². The molecule has 1 rings (SSSR count). The Morgan fingerprint density at radius 2 is 1.75 bits per heavy atom. The molecule has 0 unspecified atom stereocenters. The highest BCUT2D eigenvalue weighted by Crippen LogP contribution is 2.27. The number of aliphatic imine (C=N–C) groups is 1. The van der Waals surface area contributed by atoms with E-state index in [2.05, 4.69) is 11.9 Å². The van der Waals surface area contributed by atoms with Gasteiger partial charge >= 0.3 is 0 Å². The summed E-state index contributed by atoms with van der Waals surface area (Å²) in [6, 6.07) is 5.45. The van der Waals surface area contributed by atoms with Crippen molar-refractivity contribution in [3.05, 3.63) is 18.2 Å². The summed E-state index contributed by atoms with van der Waals surface area (Å²) >= 11 is 0. The van der Waals surface area contributed by atoms with E-state index in [0.717, 1.165) is 18.5 Å². The lowest BCUT2D eigenvalue weighted by Gasteiger charge is -2.06.